The average Bonchev–Trinajstić information content (AvgIpc) is 2.64. The predicted molar refractivity (Wildman–Crippen MR) is 99.3 cm³/mol. The van der Waals surface area contributed by atoms with E-state index in [0.717, 1.165) is 22.8 Å². The van der Waals surface area contributed by atoms with E-state index < -0.39 is 6.29 Å². The van der Waals surface area contributed by atoms with Gasteiger partial charge in [-0.1, -0.05) is 47.5 Å². The third-order valence-electron chi connectivity index (χ3n) is 3.92. The lowest BCUT2D eigenvalue weighted by Crippen LogP contribution is -2.16. The van der Waals surface area contributed by atoms with Crippen LogP contribution in [0.3, 0.4) is 0 Å². The molecule has 0 unspecified atom stereocenters. The van der Waals surface area contributed by atoms with Crippen LogP contribution in [0.2, 0.25) is 0 Å². The molecule has 25 heavy (non-hydrogen) atoms. The smallest absolute Gasteiger partial charge is 0.271 e. The van der Waals surface area contributed by atoms with Crippen LogP contribution < -0.4 is 14.2 Å². The Kier molecular flexibility index (Phi) is 5.24. The Hall–Kier alpha value is -2.94. The molecule has 0 saturated carbocycles. The lowest BCUT2D eigenvalue weighted by molar-refractivity contribution is 0.00208. The molecule has 3 aromatic rings. The van der Waals surface area contributed by atoms with Gasteiger partial charge in [-0.05, 0) is 50.2 Å². The summed E-state index contributed by atoms with van der Waals surface area (Å²) in [5, 5.41) is 0. The van der Waals surface area contributed by atoms with E-state index in [-0.39, 0.29) is 0 Å². The van der Waals surface area contributed by atoms with Crippen molar-refractivity contribution in [1.29, 1.82) is 0 Å². The first kappa shape index (κ1) is 16.9. The van der Waals surface area contributed by atoms with Crippen molar-refractivity contribution in [2.75, 3.05) is 7.11 Å². The first-order valence-electron chi connectivity index (χ1n) is 8.25. The summed E-state index contributed by atoms with van der Waals surface area (Å²) in [6, 6.07) is 23.5. The second-order valence-electron chi connectivity index (χ2n) is 5.94. The summed E-state index contributed by atoms with van der Waals surface area (Å²) in [4.78, 5) is 0. The predicted octanol–water partition coefficient (Wildman–Crippen LogP) is 5.47. The van der Waals surface area contributed by atoms with Gasteiger partial charge in [0, 0.05) is 0 Å². The lowest BCUT2D eigenvalue weighted by atomic mass is 10.2. The molecule has 0 aliphatic rings. The van der Waals surface area contributed by atoms with Gasteiger partial charge in [-0.25, -0.2) is 0 Å². The standard InChI is InChI=1S/C22H22O3/c1-16-8-12-18(13-9-16)24-22(20-6-4-5-7-21(20)23-3)25-19-14-10-17(2)11-15-19/h4-15,22H,1-3H3. The molecule has 3 heteroatoms. The topological polar surface area (TPSA) is 27.7 Å². The summed E-state index contributed by atoms with van der Waals surface area (Å²) in [6.07, 6.45) is -0.610. The van der Waals surface area contributed by atoms with Gasteiger partial charge in [0.1, 0.15) is 17.2 Å². The number of methoxy groups -OCH3 is 1. The average molecular weight is 334 g/mol. The summed E-state index contributed by atoms with van der Waals surface area (Å²) in [5.41, 5.74) is 3.20. The molecular weight excluding hydrogens is 312 g/mol. The quantitative estimate of drug-likeness (QED) is 0.560. The Morgan fingerprint density at radius 2 is 1.12 bits per heavy atom. The molecule has 3 rings (SSSR count). The zero-order chi connectivity index (χ0) is 17.6. The molecule has 0 atom stereocenters. The number of hydrogen-bond acceptors (Lipinski definition) is 3. The molecule has 0 bridgehead atoms. The molecule has 3 aromatic carbocycles. The zero-order valence-electron chi connectivity index (χ0n) is 14.7. The molecule has 0 spiro atoms. The molecule has 0 N–H and O–H groups in total. The maximum atomic E-state index is 6.13. The minimum atomic E-state index is -0.610. The van der Waals surface area contributed by atoms with E-state index in [9.17, 15) is 0 Å². The van der Waals surface area contributed by atoms with Crippen LogP contribution in [0.15, 0.2) is 72.8 Å². The molecule has 0 saturated heterocycles. The lowest BCUT2D eigenvalue weighted by Gasteiger charge is -2.22. The Bertz CT molecular complexity index is 760. The molecular formula is C22H22O3. The number of benzene rings is 3. The van der Waals surface area contributed by atoms with Crippen LogP contribution in [0.25, 0.3) is 0 Å². The van der Waals surface area contributed by atoms with E-state index in [1.807, 2.05) is 86.6 Å². The Morgan fingerprint density at radius 3 is 1.60 bits per heavy atom. The fourth-order valence-corrected chi connectivity index (χ4v) is 2.49. The van der Waals surface area contributed by atoms with Gasteiger partial charge in [0.15, 0.2) is 0 Å². The van der Waals surface area contributed by atoms with E-state index in [0.29, 0.717) is 0 Å². The van der Waals surface area contributed by atoms with Crippen molar-refractivity contribution in [3.63, 3.8) is 0 Å². The third-order valence-corrected chi connectivity index (χ3v) is 3.92. The zero-order valence-corrected chi connectivity index (χ0v) is 14.7. The van der Waals surface area contributed by atoms with Crippen molar-refractivity contribution in [3.8, 4) is 17.2 Å². The van der Waals surface area contributed by atoms with Crippen molar-refractivity contribution < 1.29 is 14.2 Å². The first-order chi connectivity index (χ1) is 12.2. The highest BCUT2D eigenvalue weighted by Crippen LogP contribution is 2.31. The molecule has 0 amide bonds. The van der Waals surface area contributed by atoms with Crippen molar-refractivity contribution in [1.82, 2.24) is 0 Å². The highest BCUT2D eigenvalue weighted by atomic mass is 16.7. The summed E-state index contributed by atoms with van der Waals surface area (Å²) < 4.78 is 17.7. The third kappa shape index (κ3) is 4.32. The van der Waals surface area contributed by atoms with Crippen LogP contribution >= 0.6 is 0 Å². The normalized spacial score (nSPS) is 10.6. The first-order valence-corrected chi connectivity index (χ1v) is 8.25. The van der Waals surface area contributed by atoms with Crippen LogP contribution in [0.4, 0.5) is 0 Å². The van der Waals surface area contributed by atoms with Gasteiger partial charge in [-0.2, -0.15) is 0 Å². The van der Waals surface area contributed by atoms with E-state index in [1.165, 1.54) is 11.1 Å². The second kappa shape index (κ2) is 7.75. The summed E-state index contributed by atoms with van der Waals surface area (Å²) in [5.74, 6) is 2.22. The Labute approximate surface area is 148 Å². The van der Waals surface area contributed by atoms with Gasteiger partial charge < -0.3 is 14.2 Å². The van der Waals surface area contributed by atoms with E-state index in [1.54, 1.807) is 7.11 Å². The Balaban J connectivity index is 1.92. The van der Waals surface area contributed by atoms with E-state index >= 15 is 0 Å². The number of rotatable bonds is 6. The minimum absolute atomic E-state index is 0.610. The van der Waals surface area contributed by atoms with Crippen molar-refractivity contribution in [2.24, 2.45) is 0 Å². The number of aryl methyl sites for hydroxylation is 2. The minimum Gasteiger partial charge on any atom is -0.496 e. The molecule has 3 nitrogen and oxygen atoms in total. The molecule has 128 valence electrons. The molecule has 0 heterocycles. The van der Waals surface area contributed by atoms with Gasteiger partial charge in [-0.3, -0.25) is 0 Å². The van der Waals surface area contributed by atoms with Crippen LogP contribution in [0.1, 0.15) is 23.0 Å². The second-order valence-corrected chi connectivity index (χ2v) is 5.94. The summed E-state index contributed by atoms with van der Waals surface area (Å²) in [7, 11) is 1.65. The molecule has 0 fully saturated rings. The maximum absolute atomic E-state index is 6.13. The van der Waals surface area contributed by atoms with E-state index in [2.05, 4.69) is 0 Å². The SMILES string of the molecule is COc1ccccc1C(Oc1ccc(C)cc1)Oc1ccc(C)cc1. The highest BCUT2D eigenvalue weighted by Gasteiger charge is 2.20. The fourth-order valence-electron chi connectivity index (χ4n) is 2.49. The van der Waals surface area contributed by atoms with Crippen molar-refractivity contribution >= 4 is 0 Å². The van der Waals surface area contributed by atoms with Gasteiger partial charge >= 0.3 is 0 Å². The summed E-state index contributed by atoms with van der Waals surface area (Å²) in [6.45, 7) is 4.09. The Morgan fingerprint density at radius 1 is 0.640 bits per heavy atom. The van der Waals surface area contributed by atoms with Gasteiger partial charge in [-0.15, -0.1) is 0 Å². The van der Waals surface area contributed by atoms with Crippen LogP contribution in [-0.2, 0) is 0 Å². The van der Waals surface area contributed by atoms with Crippen LogP contribution in [0, 0.1) is 13.8 Å². The van der Waals surface area contributed by atoms with Crippen LogP contribution in [0.5, 0.6) is 17.2 Å². The maximum Gasteiger partial charge on any atom is 0.271 e. The van der Waals surface area contributed by atoms with Crippen molar-refractivity contribution in [2.45, 2.75) is 20.1 Å². The van der Waals surface area contributed by atoms with Crippen LogP contribution in [-0.4, -0.2) is 7.11 Å². The van der Waals surface area contributed by atoms with Crippen molar-refractivity contribution in [3.05, 3.63) is 89.5 Å². The van der Waals surface area contributed by atoms with E-state index in [4.69, 9.17) is 14.2 Å². The largest absolute Gasteiger partial charge is 0.496 e. The number of ether oxygens (including phenoxy) is 3. The highest BCUT2D eigenvalue weighted by molar-refractivity contribution is 5.37. The monoisotopic (exact) mass is 334 g/mol. The molecule has 0 radical (unpaired) electrons. The summed E-state index contributed by atoms with van der Waals surface area (Å²) >= 11 is 0. The molecule has 0 aliphatic heterocycles. The molecule has 0 aromatic heterocycles. The van der Waals surface area contributed by atoms with Gasteiger partial charge in [0.05, 0.1) is 12.7 Å². The van der Waals surface area contributed by atoms with Gasteiger partial charge in [0.2, 0.25) is 0 Å². The number of hydrogen-bond donors (Lipinski definition) is 0. The van der Waals surface area contributed by atoms with Gasteiger partial charge in [0.25, 0.3) is 6.29 Å². The molecule has 0 aliphatic carbocycles. The fraction of sp³-hybridized carbons (Fsp3) is 0.182. The number of para-hydroxylation sites is 1.